The Balaban J connectivity index is 2.15. The lowest BCUT2D eigenvalue weighted by atomic mass is 9.71. The predicted molar refractivity (Wildman–Crippen MR) is 77.1 cm³/mol. The van der Waals surface area contributed by atoms with Crippen LogP contribution >= 0.6 is 11.6 Å². The summed E-state index contributed by atoms with van der Waals surface area (Å²) < 4.78 is 5.83. The summed E-state index contributed by atoms with van der Waals surface area (Å²) in [5, 5.41) is 10.9. The minimum absolute atomic E-state index is 0.0271. The molecule has 0 saturated heterocycles. The molecule has 0 N–H and O–H groups in total. The van der Waals surface area contributed by atoms with Crippen molar-refractivity contribution in [2.75, 3.05) is 0 Å². The summed E-state index contributed by atoms with van der Waals surface area (Å²) in [4.78, 5) is 14.3. The summed E-state index contributed by atoms with van der Waals surface area (Å²) >= 11 is 5.80. The number of pyridine rings is 1. The maximum atomic E-state index is 10.8. The third kappa shape index (κ3) is 3.82. The molecule has 1 aromatic rings. The molecular formula is C14H19ClN2O3. The largest absolute Gasteiger partial charge is 0.474 e. The number of nitro groups is 1. The monoisotopic (exact) mass is 298 g/mol. The molecule has 0 spiro atoms. The molecule has 1 aliphatic carbocycles. The summed E-state index contributed by atoms with van der Waals surface area (Å²) in [5.74, 6) is 0.803. The van der Waals surface area contributed by atoms with Crippen LogP contribution in [-0.4, -0.2) is 16.0 Å². The number of hydrogen-bond acceptors (Lipinski definition) is 4. The molecule has 0 amide bonds. The van der Waals surface area contributed by atoms with Gasteiger partial charge in [0.2, 0.25) is 5.88 Å². The Hall–Kier alpha value is -1.36. The van der Waals surface area contributed by atoms with Crippen LogP contribution in [0.25, 0.3) is 0 Å². The lowest BCUT2D eigenvalue weighted by molar-refractivity contribution is -0.385. The molecule has 0 aromatic carbocycles. The van der Waals surface area contributed by atoms with Crippen molar-refractivity contribution >= 4 is 17.3 Å². The van der Waals surface area contributed by atoms with Gasteiger partial charge in [-0.15, -0.1) is 0 Å². The highest BCUT2D eigenvalue weighted by atomic mass is 35.5. The fourth-order valence-electron chi connectivity index (χ4n) is 3.14. The zero-order chi connectivity index (χ0) is 14.9. The zero-order valence-corrected chi connectivity index (χ0v) is 12.7. The van der Waals surface area contributed by atoms with E-state index in [1.165, 1.54) is 12.1 Å². The summed E-state index contributed by atoms with van der Waals surface area (Å²) in [6.07, 6.45) is 3.04. The van der Waals surface area contributed by atoms with E-state index in [9.17, 15) is 10.1 Å². The van der Waals surface area contributed by atoms with Crippen molar-refractivity contribution in [3.8, 4) is 5.88 Å². The van der Waals surface area contributed by atoms with Crippen molar-refractivity contribution in [3.05, 3.63) is 27.4 Å². The van der Waals surface area contributed by atoms with E-state index >= 15 is 0 Å². The first-order valence-corrected chi connectivity index (χ1v) is 7.11. The van der Waals surface area contributed by atoms with Gasteiger partial charge in [-0.1, -0.05) is 32.4 Å². The molecule has 0 radical (unpaired) electrons. The van der Waals surface area contributed by atoms with Crippen molar-refractivity contribution in [3.63, 3.8) is 0 Å². The minimum atomic E-state index is -0.492. The van der Waals surface area contributed by atoms with Gasteiger partial charge in [0.15, 0.2) is 0 Å². The van der Waals surface area contributed by atoms with E-state index < -0.39 is 4.92 Å². The molecule has 20 heavy (non-hydrogen) atoms. The molecule has 0 aliphatic heterocycles. The van der Waals surface area contributed by atoms with Gasteiger partial charge in [-0.3, -0.25) is 10.1 Å². The van der Waals surface area contributed by atoms with Crippen LogP contribution in [0.5, 0.6) is 5.88 Å². The molecule has 6 heteroatoms. The van der Waals surface area contributed by atoms with Crippen LogP contribution in [0, 0.1) is 21.4 Å². The van der Waals surface area contributed by atoms with Crippen LogP contribution in [0.15, 0.2) is 12.1 Å². The Kier molecular flexibility index (Phi) is 4.18. The fraction of sp³-hybridized carbons (Fsp3) is 0.643. The van der Waals surface area contributed by atoms with Crippen molar-refractivity contribution in [1.29, 1.82) is 0 Å². The van der Waals surface area contributed by atoms with Gasteiger partial charge in [-0.25, -0.2) is 4.98 Å². The van der Waals surface area contributed by atoms with Gasteiger partial charge in [0.1, 0.15) is 11.3 Å². The molecule has 5 nitrogen and oxygen atoms in total. The molecule has 1 aliphatic rings. The maximum absolute atomic E-state index is 10.8. The number of halogens is 1. The molecule has 1 heterocycles. The highest BCUT2D eigenvalue weighted by Crippen LogP contribution is 2.40. The van der Waals surface area contributed by atoms with E-state index in [-0.39, 0.29) is 28.2 Å². The van der Waals surface area contributed by atoms with Gasteiger partial charge >= 0.3 is 0 Å². The van der Waals surface area contributed by atoms with Gasteiger partial charge in [0, 0.05) is 0 Å². The highest BCUT2D eigenvalue weighted by Gasteiger charge is 2.33. The Morgan fingerprint density at radius 2 is 2.15 bits per heavy atom. The van der Waals surface area contributed by atoms with Gasteiger partial charge < -0.3 is 4.74 Å². The lowest BCUT2D eigenvalue weighted by Gasteiger charge is -2.38. The summed E-state index contributed by atoms with van der Waals surface area (Å²) in [6.45, 7) is 6.63. The fourth-order valence-corrected chi connectivity index (χ4v) is 3.34. The van der Waals surface area contributed by atoms with E-state index in [1.807, 2.05) is 0 Å². The summed E-state index contributed by atoms with van der Waals surface area (Å²) in [5.41, 5.74) is 0.121. The second kappa shape index (κ2) is 5.56. The van der Waals surface area contributed by atoms with E-state index in [0.717, 1.165) is 19.3 Å². The van der Waals surface area contributed by atoms with Crippen LogP contribution in [0.1, 0.15) is 40.0 Å². The van der Waals surface area contributed by atoms with Gasteiger partial charge in [-0.2, -0.15) is 0 Å². The SMILES string of the molecule is CC1CC(Oc2cc([N+](=O)[O-])cc(Cl)n2)CC(C)(C)C1. The molecule has 0 bridgehead atoms. The van der Waals surface area contributed by atoms with Crippen LogP contribution < -0.4 is 4.74 Å². The zero-order valence-electron chi connectivity index (χ0n) is 11.9. The predicted octanol–water partition coefficient (Wildman–Crippen LogP) is 4.24. The maximum Gasteiger partial charge on any atom is 0.277 e. The molecule has 110 valence electrons. The first kappa shape index (κ1) is 15.0. The standard InChI is InChI=1S/C14H19ClN2O3/c1-9-4-11(8-14(2,3)7-9)20-13-6-10(17(18)19)5-12(15)16-13/h5-6,9,11H,4,7-8H2,1-3H3. The highest BCUT2D eigenvalue weighted by molar-refractivity contribution is 6.29. The summed E-state index contributed by atoms with van der Waals surface area (Å²) in [7, 11) is 0. The molecule has 2 rings (SSSR count). The number of rotatable bonds is 3. The van der Waals surface area contributed by atoms with Crippen molar-refractivity contribution in [2.24, 2.45) is 11.3 Å². The molecule has 1 aromatic heterocycles. The van der Waals surface area contributed by atoms with Crippen LogP contribution in [0.2, 0.25) is 5.15 Å². The minimum Gasteiger partial charge on any atom is -0.474 e. The van der Waals surface area contributed by atoms with Crippen LogP contribution in [0.3, 0.4) is 0 Å². The lowest BCUT2D eigenvalue weighted by Crippen LogP contribution is -2.34. The molecule has 1 fully saturated rings. The molecule has 2 unspecified atom stereocenters. The molecule has 2 atom stereocenters. The smallest absolute Gasteiger partial charge is 0.277 e. The third-order valence-corrected chi connectivity index (χ3v) is 3.79. The third-order valence-electron chi connectivity index (χ3n) is 3.60. The van der Waals surface area contributed by atoms with Crippen molar-refractivity contribution in [1.82, 2.24) is 4.98 Å². The average molecular weight is 299 g/mol. The van der Waals surface area contributed by atoms with Crippen LogP contribution in [-0.2, 0) is 0 Å². The topological polar surface area (TPSA) is 65.3 Å². The molecular weight excluding hydrogens is 280 g/mol. The van der Waals surface area contributed by atoms with E-state index in [2.05, 4.69) is 25.8 Å². The van der Waals surface area contributed by atoms with Gasteiger partial charge in [-0.05, 0) is 30.6 Å². The quantitative estimate of drug-likeness (QED) is 0.475. The number of aromatic nitrogens is 1. The van der Waals surface area contributed by atoms with Crippen molar-refractivity contribution in [2.45, 2.75) is 46.1 Å². The first-order valence-electron chi connectivity index (χ1n) is 6.74. The second-order valence-electron chi connectivity index (χ2n) is 6.40. The Morgan fingerprint density at radius 1 is 1.45 bits per heavy atom. The molecule has 1 saturated carbocycles. The van der Waals surface area contributed by atoms with Gasteiger partial charge in [0.05, 0.1) is 17.1 Å². The Bertz CT molecular complexity index is 519. The number of hydrogen-bond donors (Lipinski definition) is 0. The first-order chi connectivity index (χ1) is 9.25. The van der Waals surface area contributed by atoms with Crippen LogP contribution in [0.4, 0.5) is 5.69 Å². The summed E-state index contributed by atoms with van der Waals surface area (Å²) in [6, 6.07) is 2.56. The van der Waals surface area contributed by atoms with Crippen molar-refractivity contribution < 1.29 is 9.66 Å². The van der Waals surface area contributed by atoms with E-state index in [1.54, 1.807) is 0 Å². The second-order valence-corrected chi connectivity index (χ2v) is 6.78. The Morgan fingerprint density at radius 3 is 2.75 bits per heavy atom. The normalized spacial score (nSPS) is 25.2. The number of ether oxygens (including phenoxy) is 1. The average Bonchev–Trinajstić information content (AvgIpc) is 2.24. The Labute approximate surface area is 123 Å². The number of nitrogens with zero attached hydrogens (tertiary/aromatic N) is 2. The van der Waals surface area contributed by atoms with E-state index in [4.69, 9.17) is 16.3 Å². The van der Waals surface area contributed by atoms with E-state index in [0.29, 0.717) is 5.92 Å². The van der Waals surface area contributed by atoms with Gasteiger partial charge in [0.25, 0.3) is 5.69 Å².